The molecule has 0 aliphatic heterocycles. The molecular formula is C9H9ClINO2. The summed E-state index contributed by atoms with van der Waals surface area (Å²) >= 11 is 7.51. The standard InChI is InChI=1S/C9H9ClINO2/c10-5-6-12-9(13)14-8-4-2-1-3-7(8)11/h1-4H,5-6H2,(H,12,13). The van der Waals surface area contributed by atoms with Crippen molar-refractivity contribution in [1.29, 1.82) is 0 Å². The third-order valence-corrected chi connectivity index (χ3v) is 2.48. The van der Waals surface area contributed by atoms with E-state index in [1.54, 1.807) is 6.07 Å². The number of benzene rings is 1. The average molecular weight is 326 g/mol. The highest BCUT2D eigenvalue weighted by Crippen LogP contribution is 2.19. The molecule has 0 heterocycles. The van der Waals surface area contributed by atoms with E-state index in [4.69, 9.17) is 16.3 Å². The minimum Gasteiger partial charge on any atom is -0.409 e. The van der Waals surface area contributed by atoms with E-state index in [2.05, 4.69) is 27.9 Å². The Hall–Kier alpha value is -0.490. The fourth-order valence-electron chi connectivity index (χ4n) is 0.813. The maximum absolute atomic E-state index is 11.1. The van der Waals surface area contributed by atoms with E-state index in [-0.39, 0.29) is 0 Å². The van der Waals surface area contributed by atoms with Crippen molar-refractivity contribution in [1.82, 2.24) is 5.32 Å². The van der Waals surface area contributed by atoms with Gasteiger partial charge in [-0.15, -0.1) is 11.6 Å². The van der Waals surface area contributed by atoms with Crippen LogP contribution < -0.4 is 10.1 Å². The Morgan fingerprint density at radius 3 is 2.86 bits per heavy atom. The lowest BCUT2D eigenvalue weighted by atomic mass is 10.3. The molecule has 0 radical (unpaired) electrons. The fraction of sp³-hybridized carbons (Fsp3) is 0.222. The number of carbonyl (C=O) groups is 1. The first-order valence-electron chi connectivity index (χ1n) is 4.00. The van der Waals surface area contributed by atoms with Gasteiger partial charge in [-0.25, -0.2) is 4.79 Å². The molecule has 0 saturated heterocycles. The van der Waals surface area contributed by atoms with Crippen molar-refractivity contribution in [2.24, 2.45) is 0 Å². The van der Waals surface area contributed by atoms with Gasteiger partial charge in [-0.2, -0.15) is 0 Å². The largest absolute Gasteiger partial charge is 0.412 e. The second kappa shape index (κ2) is 6.08. The molecule has 14 heavy (non-hydrogen) atoms. The van der Waals surface area contributed by atoms with Gasteiger partial charge in [0.05, 0.1) is 3.57 Å². The molecule has 0 fully saturated rings. The van der Waals surface area contributed by atoms with Crippen LogP contribution in [0.4, 0.5) is 4.79 Å². The zero-order chi connectivity index (χ0) is 10.4. The molecule has 0 spiro atoms. The third kappa shape index (κ3) is 3.71. The lowest BCUT2D eigenvalue weighted by molar-refractivity contribution is 0.201. The van der Waals surface area contributed by atoms with Gasteiger partial charge in [0.15, 0.2) is 0 Å². The number of para-hydroxylation sites is 1. The quantitative estimate of drug-likeness (QED) is 0.685. The zero-order valence-electron chi connectivity index (χ0n) is 7.30. The van der Waals surface area contributed by atoms with Crippen LogP contribution in [0.1, 0.15) is 0 Å². The van der Waals surface area contributed by atoms with Crippen molar-refractivity contribution < 1.29 is 9.53 Å². The average Bonchev–Trinajstić information content (AvgIpc) is 2.18. The first-order valence-corrected chi connectivity index (χ1v) is 5.61. The Kier molecular flexibility index (Phi) is 5.03. The van der Waals surface area contributed by atoms with Crippen molar-refractivity contribution in [3.63, 3.8) is 0 Å². The Labute approximate surface area is 101 Å². The minimum absolute atomic E-state index is 0.376. The van der Waals surface area contributed by atoms with Gasteiger partial charge in [0, 0.05) is 12.4 Å². The van der Waals surface area contributed by atoms with Gasteiger partial charge in [0.2, 0.25) is 0 Å². The number of alkyl halides is 1. The Bertz CT molecular complexity index is 319. The van der Waals surface area contributed by atoms with Crippen LogP contribution in [0.25, 0.3) is 0 Å². The van der Waals surface area contributed by atoms with Crippen molar-refractivity contribution in [3.05, 3.63) is 27.8 Å². The van der Waals surface area contributed by atoms with Gasteiger partial charge in [-0.05, 0) is 34.7 Å². The smallest absolute Gasteiger partial charge is 0.409 e. The zero-order valence-corrected chi connectivity index (χ0v) is 10.2. The summed E-state index contributed by atoms with van der Waals surface area (Å²) in [5.41, 5.74) is 0. The summed E-state index contributed by atoms with van der Waals surface area (Å²) in [6.07, 6.45) is -0.477. The second-order valence-electron chi connectivity index (χ2n) is 2.44. The number of hydrogen-bond donors (Lipinski definition) is 1. The normalized spacial score (nSPS) is 9.57. The molecule has 1 aromatic carbocycles. The molecule has 1 amide bonds. The summed E-state index contributed by atoms with van der Waals surface area (Å²) in [6, 6.07) is 7.30. The number of nitrogens with one attached hydrogen (secondary N) is 1. The molecule has 5 heteroatoms. The summed E-state index contributed by atoms with van der Waals surface area (Å²) in [4.78, 5) is 11.1. The van der Waals surface area contributed by atoms with E-state index in [9.17, 15) is 4.79 Å². The highest BCUT2D eigenvalue weighted by atomic mass is 127. The molecule has 0 saturated carbocycles. The van der Waals surface area contributed by atoms with Crippen molar-refractivity contribution in [2.75, 3.05) is 12.4 Å². The molecule has 0 unspecified atom stereocenters. The van der Waals surface area contributed by atoms with Gasteiger partial charge >= 0.3 is 6.09 Å². The summed E-state index contributed by atoms with van der Waals surface area (Å²) in [7, 11) is 0. The molecule has 3 nitrogen and oxygen atoms in total. The molecule has 0 aromatic heterocycles. The highest BCUT2D eigenvalue weighted by Gasteiger charge is 2.05. The molecule has 0 aliphatic rings. The van der Waals surface area contributed by atoms with Crippen LogP contribution in [0, 0.1) is 3.57 Å². The summed E-state index contributed by atoms with van der Waals surface area (Å²) < 4.78 is 5.93. The van der Waals surface area contributed by atoms with Gasteiger partial charge in [-0.1, -0.05) is 12.1 Å². The maximum atomic E-state index is 11.1. The lowest BCUT2D eigenvalue weighted by Crippen LogP contribution is -2.28. The van der Waals surface area contributed by atoms with Gasteiger partial charge < -0.3 is 10.1 Å². The van der Waals surface area contributed by atoms with Crippen molar-refractivity contribution in [2.45, 2.75) is 0 Å². The van der Waals surface area contributed by atoms with E-state index in [0.29, 0.717) is 18.2 Å². The molecule has 1 rings (SSSR count). The molecule has 76 valence electrons. The minimum atomic E-state index is -0.477. The van der Waals surface area contributed by atoms with Crippen molar-refractivity contribution in [3.8, 4) is 5.75 Å². The van der Waals surface area contributed by atoms with Gasteiger partial charge in [0.25, 0.3) is 0 Å². The number of carbonyl (C=O) groups excluding carboxylic acids is 1. The second-order valence-corrected chi connectivity index (χ2v) is 3.98. The Morgan fingerprint density at radius 2 is 2.21 bits per heavy atom. The fourth-order valence-corrected chi connectivity index (χ4v) is 1.40. The maximum Gasteiger partial charge on any atom is 0.412 e. The van der Waals surface area contributed by atoms with E-state index in [0.717, 1.165) is 3.57 Å². The molecule has 1 aromatic rings. The van der Waals surface area contributed by atoms with E-state index < -0.39 is 6.09 Å². The Balaban J connectivity index is 2.52. The number of rotatable bonds is 3. The predicted octanol–water partition coefficient (Wildman–Crippen LogP) is 2.62. The van der Waals surface area contributed by atoms with Crippen LogP contribution >= 0.6 is 34.2 Å². The number of hydrogen-bond acceptors (Lipinski definition) is 2. The lowest BCUT2D eigenvalue weighted by Gasteiger charge is -2.06. The SMILES string of the molecule is O=C(NCCCl)Oc1ccccc1I. The molecule has 0 atom stereocenters. The number of halogens is 2. The van der Waals surface area contributed by atoms with Gasteiger partial charge in [0.1, 0.15) is 5.75 Å². The molecule has 0 aliphatic carbocycles. The summed E-state index contributed by atoms with van der Waals surface area (Å²) in [5.74, 6) is 0.932. The first-order chi connectivity index (χ1) is 6.74. The van der Waals surface area contributed by atoms with Crippen LogP contribution in [-0.2, 0) is 0 Å². The predicted molar refractivity (Wildman–Crippen MR) is 63.9 cm³/mol. The van der Waals surface area contributed by atoms with Gasteiger partial charge in [-0.3, -0.25) is 0 Å². The topological polar surface area (TPSA) is 38.3 Å². The molecule has 0 bridgehead atoms. The van der Waals surface area contributed by atoms with Crippen LogP contribution in [-0.4, -0.2) is 18.5 Å². The van der Waals surface area contributed by atoms with Crippen LogP contribution in [0.5, 0.6) is 5.75 Å². The highest BCUT2D eigenvalue weighted by molar-refractivity contribution is 14.1. The molecular weight excluding hydrogens is 316 g/mol. The van der Waals surface area contributed by atoms with Crippen LogP contribution in [0.15, 0.2) is 24.3 Å². The third-order valence-electron chi connectivity index (χ3n) is 1.40. The van der Waals surface area contributed by atoms with Crippen LogP contribution in [0.3, 0.4) is 0 Å². The molecule has 1 N–H and O–H groups in total. The van der Waals surface area contributed by atoms with Crippen LogP contribution in [0.2, 0.25) is 0 Å². The summed E-state index contributed by atoms with van der Waals surface area (Å²) in [6.45, 7) is 0.407. The van der Waals surface area contributed by atoms with E-state index in [1.807, 2.05) is 18.2 Å². The monoisotopic (exact) mass is 325 g/mol. The Morgan fingerprint density at radius 1 is 1.50 bits per heavy atom. The first kappa shape index (κ1) is 11.6. The van der Waals surface area contributed by atoms with E-state index in [1.165, 1.54) is 0 Å². The van der Waals surface area contributed by atoms with E-state index >= 15 is 0 Å². The summed E-state index contributed by atoms with van der Waals surface area (Å²) in [5, 5.41) is 2.51. The van der Waals surface area contributed by atoms with Crippen molar-refractivity contribution >= 4 is 40.3 Å². The number of amides is 1. The number of ether oxygens (including phenoxy) is 1.